The van der Waals surface area contributed by atoms with Crippen LogP contribution in [0.3, 0.4) is 0 Å². The molecule has 144 valence electrons. The summed E-state index contributed by atoms with van der Waals surface area (Å²) in [6.07, 6.45) is 1.43. The summed E-state index contributed by atoms with van der Waals surface area (Å²) in [5, 5.41) is 4.77. The number of carbonyl (C=O) groups excluding carboxylic acids is 3. The highest BCUT2D eigenvalue weighted by atomic mass is 32.1. The largest absolute Gasteiger partial charge is 0.459 e. The number of aromatic nitrogens is 2. The Morgan fingerprint density at radius 1 is 1.26 bits per heavy atom. The minimum absolute atomic E-state index is 0.0457. The average molecular weight is 409 g/mol. The van der Waals surface area contributed by atoms with Crippen molar-refractivity contribution in [1.29, 1.82) is 0 Å². The van der Waals surface area contributed by atoms with E-state index in [9.17, 15) is 14.4 Å². The highest BCUT2D eigenvalue weighted by Crippen LogP contribution is 2.25. The normalized spacial score (nSPS) is 13.9. The first kappa shape index (κ1) is 19.4. The van der Waals surface area contributed by atoms with E-state index in [0.717, 1.165) is 6.42 Å². The van der Waals surface area contributed by atoms with Crippen LogP contribution in [0.25, 0.3) is 0 Å². The summed E-state index contributed by atoms with van der Waals surface area (Å²) in [7, 11) is 0. The third kappa shape index (κ3) is 4.69. The monoisotopic (exact) mass is 408 g/mol. The second-order valence-corrected chi connectivity index (χ2v) is 7.67. The van der Waals surface area contributed by atoms with E-state index in [1.54, 1.807) is 20.6 Å². The fourth-order valence-corrected chi connectivity index (χ4v) is 4.47. The van der Waals surface area contributed by atoms with Gasteiger partial charge < -0.3 is 4.74 Å². The first-order valence-corrected chi connectivity index (χ1v) is 10.4. The van der Waals surface area contributed by atoms with Crippen molar-refractivity contribution in [1.82, 2.24) is 9.97 Å². The van der Waals surface area contributed by atoms with Crippen LogP contribution in [-0.4, -0.2) is 40.8 Å². The SMILES string of the molecule is CCN(C(C)=O)c1nc(COC(=O)Cc2csc(N3CCCC3=O)n2)cs1. The van der Waals surface area contributed by atoms with E-state index in [2.05, 4.69) is 9.97 Å². The van der Waals surface area contributed by atoms with Crippen molar-refractivity contribution in [3.8, 4) is 0 Å². The van der Waals surface area contributed by atoms with E-state index in [-0.39, 0.29) is 24.8 Å². The average Bonchev–Trinajstić information content (AvgIpc) is 3.35. The summed E-state index contributed by atoms with van der Waals surface area (Å²) in [5.74, 6) is -0.413. The molecule has 0 aliphatic carbocycles. The number of nitrogens with zero attached hydrogens (tertiary/aromatic N) is 4. The van der Waals surface area contributed by atoms with Crippen molar-refractivity contribution in [3.63, 3.8) is 0 Å². The molecule has 0 unspecified atom stereocenters. The van der Waals surface area contributed by atoms with Gasteiger partial charge in [0.15, 0.2) is 10.3 Å². The standard InChI is InChI=1S/C17H20N4O4S2/c1-3-20(11(2)22)16-19-13(10-27-16)8-25-15(24)7-12-9-26-17(18-12)21-6-4-5-14(21)23/h9-10H,3-8H2,1-2H3. The van der Waals surface area contributed by atoms with Gasteiger partial charge >= 0.3 is 5.97 Å². The third-order valence-corrected chi connectivity index (χ3v) is 5.84. The van der Waals surface area contributed by atoms with Crippen molar-refractivity contribution >= 4 is 50.7 Å². The maximum atomic E-state index is 12.1. The lowest BCUT2D eigenvalue weighted by Crippen LogP contribution is -2.27. The van der Waals surface area contributed by atoms with Crippen LogP contribution in [0.15, 0.2) is 10.8 Å². The fraction of sp³-hybridized carbons (Fsp3) is 0.471. The highest BCUT2D eigenvalue weighted by molar-refractivity contribution is 7.14. The fourth-order valence-electron chi connectivity index (χ4n) is 2.68. The Labute approximate surface area is 164 Å². The predicted octanol–water partition coefficient (Wildman–Crippen LogP) is 2.39. The van der Waals surface area contributed by atoms with Gasteiger partial charge in [0, 0.05) is 37.2 Å². The van der Waals surface area contributed by atoms with Crippen LogP contribution in [0.1, 0.15) is 38.1 Å². The Morgan fingerprint density at radius 2 is 2.04 bits per heavy atom. The van der Waals surface area contributed by atoms with Gasteiger partial charge in [-0.05, 0) is 13.3 Å². The van der Waals surface area contributed by atoms with Gasteiger partial charge in [-0.1, -0.05) is 0 Å². The Morgan fingerprint density at radius 3 is 2.70 bits per heavy atom. The number of hydrogen-bond donors (Lipinski definition) is 0. The minimum Gasteiger partial charge on any atom is -0.459 e. The van der Waals surface area contributed by atoms with E-state index in [1.165, 1.54) is 29.6 Å². The van der Waals surface area contributed by atoms with Gasteiger partial charge in [-0.3, -0.25) is 24.2 Å². The Kier molecular flexibility index (Phi) is 6.17. The number of thiazole rings is 2. The molecule has 0 saturated carbocycles. The van der Waals surface area contributed by atoms with Gasteiger partial charge in [0.05, 0.1) is 17.8 Å². The first-order valence-electron chi connectivity index (χ1n) is 8.60. The van der Waals surface area contributed by atoms with E-state index < -0.39 is 5.97 Å². The second kappa shape index (κ2) is 8.57. The molecule has 1 fully saturated rings. The summed E-state index contributed by atoms with van der Waals surface area (Å²) in [6.45, 7) is 4.63. The molecular weight excluding hydrogens is 388 g/mol. The maximum Gasteiger partial charge on any atom is 0.312 e. The molecule has 27 heavy (non-hydrogen) atoms. The number of anilines is 2. The van der Waals surface area contributed by atoms with Crippen molar-refractivity contribution in [2.75, 3.05) is 22.9 Å². The zero-order chi connectivity index (χ0) is 19.4. The number of esters is 1. The van der Waals surface area contributed by atoms with Crippen LogP contribution in [0.4, 0.5) is 10.3 Å². The molecule has 8 nitrogen and oxygen atoms in total. The molecule has 1 aliphatic rings. The molecule has 3 rings (SSSR count). The molecule has 0 aromatic carbocycles. The maximum absolute atomic E-state index is 12.1. The van der Waals surface area contributed by atoms with Crippen molar-refractivity contribution < 1.29 is 19.1 Å². The zero-order valence-corrected chi connectivity index (χ0v) is 16.8. The molecule has 1 aliphatic heterocycles. The van der Waals surface area contributed by atoms with Crippen molar-refractivity contribution in [2.24, 2.45) is 0 Å². The summed E-state index contributed by atoms with van der Waals surface area (Å²) in [6, 6.07) is 0. The molecule has 2 aromatic rings. The molecule has 2 aromatic heterocycles. The lowest BCUT2D eigenvalue weighted by Gasteiger charge is -2.14. The minimum atomic E-state index is -0.409. The number of hydrogen-bond acceptors (Lipinski definition) is 8. The van der Waals surface area contributed by atoms with Gasteiger partial charge in [-0.2, -0.15) is 0 Å². The molecule has 0 N–H and O–H groups in total. The topological polar surface area (TPSA) is 92.7 Å². The molecular formula is C17H20N4O4S2. The second-order valence-electron chi connectivity index (χ2n) is 5.99. The Hall–Kier alpha value is -2.33. The molecule has 0 radical (unpaired) electrons. The summed E-state index contributed by atoms with van der Waals surface area (Å²) >= 11 is 2.70. The quantitative estimate of drug-likeness (QED) is 0.653. The van der Waals surface area contributed by atoms with Crippen LogP contribution >= 0.6 is 22.7 Å². The van der Waals surface area contributed by atoms with Crippen LogP contribution in [0.5, 0.6) is 0 Å². The van der Waals surface area contributed by atoms with Crippen LogP contribution in [0, 0.1) is 0 Å². The van der Waals surface area contributed by atoms with Gasteiger partial charge in [0.1, 0.15) is 6.61 Å². The van der Waals surface area contributed by atoms with Crippen LogP contribution < -0.4 is 9.80 Å². The van der Waals surface area contributed by atoms with E-state index in [4.69, 9.17) is 4.74 Å². The molecule has 0 spiro atoms. The van der Waals surface area contributed by atoms with Crippen LogP contribution in [0.2, 0.25) is 0 Å². The molecule has 2 amide bonds. The van der Waals surface area contributed by atoms with Gasteiger partial charge in [0.25, 0.3) is 0 Å². The number of ether oxygens (including phenoxy) is 1. The molecule has 3 heterocycles. The first-order chi connectivity index (χ1) is 13.0. The summed E-state index contributed by atoms with van der Waals surface area (Å²) in [4.78, 5) is 47.3. The number of rotatable bonds is 7. The third-order valence-electron chi connectivity index (χ3n) is 4.02. The van der Waals surface area contributed by atoms with Gasteiger partial charge in [-0.15, -0.1) is 22.7 Å². The number of amides is 2. The van der Waals surface area contributed by atoms with Crippen LogP contribution in [-0.2, 0) is 32.1 Å². The zero-order valence-electron chi connectivity index (χ0n) is 15.1. The Balaban J connectivity index is 1.52. The van der Waals surface area contributed by atoms with Crippen molar-refractivity contribution in [2.45, 2.75) is 39.7 Å². The Bertz CT molecular complexity index is 848. The lowest BCUT2D eigenvalue weighted by atomic mass is 10.3. The van der Waals surface area contributed by atoms with Crippen molar-refractivity contribution in [3.05, 3.63) is 22.1 Å². The van der Waals surface area contributed by atoms with Gasteiger partial charge in [-0.25, -0.2) is 9.97 Å². The lowest BCUT2D eigenvalue weighted by molar-refractivity contribution is -0.144. The summed E-state index contributed by atoms with van der Waals surface area (Å²) < 4.78 is 5.26. The molecule has 10 heteroatoms. The number of carbonyl (C=O) groups is 3. The smallest absolute Gasteiger partial charge is 0.312 e. The summed E-state index contributed by atoms with van der Waals surface area (Å²) in [5.41, 5.74) is 1.19. The highest BCUT2D eigenvalue weighted by Gasteiger charge is 2.24. The van der Waals surface area contributed by atoms with E-state index in [0.29, 0.717) is 41.2 Å². The molecule has 0 atom stereocenters. The van der Waals surface area contributed by atoms with E-state index in [1.807, 2.05) is 6.92 Å². The van der Waals surface area contributed by atoms with E-state index >= 15 is 0 Å². The predicted molar refractivity (Wildman–Crippen MR) is 103 cm³/mol. The molecule has 0 bridgehead atoms. The van der Waals surface area contributed by atoms with Gasteiger partial charge in [0.2, 0.25) is 11.8 Å². The molecule has 1 saturated heterocycles.